The molecule has 0 aromatic carbocycles. The molecule has 0 spiro atoms. The van der Waals surface area contributed by atoms with Crippen molar-refractivity contribution in [1.82, 2.24) is 10.3 Å². The predicted molar refractivity (Wildman–Crippen MR) is 86.1 cm³/mol. The van der Waals surface area contributed by atoms with Gasteiger partial charge in [-0.25, -0.2) is 4.98 Å². The SMILES string of the molecule is CCCNCc1ccnc(N2CCC(CC)(CC)C2)c1. The van der Waals surface area contributed by atoms with E-state index >= 15 is 0 Å². The van der Waals surface area contributed by atoms with Crippen LogP contribution in [0.4, 0.5) is 5.82 Å². The van der Waals surface area contributed by atoms with E-state index in [9.17, 15) is 0 Å². The predicted octanol–water partition coefficient (Wildman–Crippen LogP) is 3.60. The van der Waals surface area contributed by atoms with Crippen LogP contribution in [0.25, 0.3) is 0 Å². The monoisotopic (exact) mass is 275 g/mol. The van der Waals surface area contributed by atoms with Crippen LogP contribution in [-0.2, 0) is 6.54 Å². The van der Waals surface area contributed by atoms with Crippen molar-refractivity contribution >= 4 is 5.82 Å². The van der Waals surface area contributed by atoms with E-state index in [4.69, 9.17) is 0 Å². The molecule has 0 bridgehead atoms. The van der Waals surface area contributed by atoms with Gasteiger partial charge in [-0.05, 0) is 55.3 Å². The second-order valence-corrected chi connectivity index (χ2v) is 6.08. The van der Waals surface area contributed by atoms with Crippen molar-refractivity contribution in [3.05, 3.63) is 23.9 Å². The maximum Gasteiger partial charge on any atom is 0.128 e. The van der Waals surface area contributed by atoms with Crippen molar-refractivity contribution in [2.75, 3.05) is 24.5 Å². The van der Waals surface area contributed by atoms with Crippen LogP contribution in [0.5, 0.6) is 0 Å². The second kappa shape index (κ2) is 7.07. The number of aromatic nitrogens is 1. The summed E-state index contributed by atoms with van der Waals surface area (Å²) in [7, 11) is 0. The number of anilines is 1. The molecule has 2 rings (SSSR count). The number of rotatable bonds is 7. The summed E-state index contributed by atoms with van der Waals surface area (Å²) in [6.07, 6.45) is 6.99. The van der Waals surface area contributed by atoms with Gasteiger partial charge in [0, 0.05) is 25.8 Å². The van der Waals surface area contributed by atoms with Gasteiger partial charge in [0.1, 0.15) is 5.82 Å². The topological polar surface area (TPSA) is 28.2 Å². The first-order chi connectivity index (χ1) is 9.73. The first-order valence-electron chi connectivity index (χ1n) is 8.13. The molecule has 1 fully saturated rings. The molecule has 3 heteroatoms. The lowest BCUT2D eigenvalue weighted by Gasteiger charge is -2.26. The minimum atomic E-state index is 0.512. The molecule has 3 nitrogen and oxygen atoms in total. The fraction of sp³-hybridized carbons (Fsp3) is 0.706. The van der Waals surface area contributed by atoms with Crippen molar-refractivity contribution in [3.63, 3.8) is 0 Å². The lowest BCUT2D eigenvalue weighted by atomic mass is 9.82. The van der Waals surface area contributed by atoms with Crippen LogP contribution in [0, 0.1) is 5.41 Å². The Morgan fingerprint density at radius 3 is 2.75 bits per heavy atom. The van der Waals surface area contributed by atoms with Crippen molar-refractivity contribution in [3.8, 4) is 0 Å². The molecular weight excluding hydrogens is 246 g/mol. The van der Waals surface area contributed by atoms with Crippen LogP contribution in [-0.4, -0.2) is 24.6 Å². The molecule has 0 atom stereocenters. The van der Waals surface area contributed by atoms with Gasteiger partial charge in [0.25, 0.3) is 0 Å². The van der Waals surface area contributed by atoms with E-state index in [0.717, 1.165) is 25.5 Å². The van der Waals surface area contributed by atoms with E-state index in [-0.39, 0.29) is 0 Å². The van der Waals surface area contributed by atoms with E-state index < -0.39 is 0 Å². The van der Waals surface area contributed by atoms with Gasteiger partial charge in [-0.2, -0.15) is 0 Å². The average Bonchev–Trinajstić information content (AvgIpc) is 2.93. The van der Waals surface area contributed by atoms with E-state index in [1.54, 1.807) is 0 Å². The van der Waals surface area contributed by atoms with Crippen LogP contribution in [0.3, 0.4) is 0 Å². The molecule has 1 aromatic heterocycles. The normalized spacial score (nSPS) is 17.6. The van der Waals surface area contributed by atoms with Crippen LogP contribution in [0.2, 0.25) is 0 Å². The van der Waals surface area contributed by atoms with E-state index in [0.29, 0.717) is 5.41 Å². The zero-order valence-corrected chi connectivity index (χ0v) is 13.3. The van der Waals surface area contributed by atoms with Gasteiger partial charge < -0.3 is 10.2 Å². The molecule has 1 aliphatic heterocycles. The van der Waals surface area contributed by atoms with Crippen molar-refractivity contribution in [1.29, 1.82) is 0 Å². The standard InChI is InChI=1S/C17H29N3/c1-4-9-18-13-15-7-10-19-16(12-15)20-11-8-17(5-2,6-3)14-20/h7,10,12,18H,4-6,8-9,11,13-14H2,1-3H3. The summed E-state index contributed by atoms with van der Waals surface area (Å²) in [6, 6.07) is 4.37. The van der Waals surface area contributed by atoms with Gasteiger partial charge >= 0.3 is 0 Å². The minimum Gasteiger partial charge on any atom is -0.356 e. The molecule has 0 unspecified atom stereocenters. The van der Waals surface area contributed by atoms with E-state index in [2.05, 4.69) is 48.1 Å². The van der Waals surface area contributed by atoms with E-state index in [1.807, 2.05) is 6.20 Å². The molecule has 1 N–H and O–H groups in total. The molecule has 0 aliphatic carbocycles. The first kappa shape index (κ1) is 15.3. The summed E-state index contributed by atoms with van der Waals surface area (Å²) in [6.45, 7) is 11.2. The summed E-state index contributed by atoms with van der Waals surface area (Å²) in [5.74, 6) is 1.16. The zero-order chi connectivity index (χ0) is 14.4. The van der Waals surface area contributed by atoms with Gasteiger partial charge in [-0.3, -0.25) is 0 Å². The number of pyridine rings is 1. The molecule has 20 heavy (non-hydrogen) atoms. The van der Waals surface area contributed by atoms with Crippen molar-refractivity contribution in [2.24, 2.45) is 5.41 Å². The highest BCUT2D eigenvalue weighted by Crippen LogP contribution is 2.38. The summed E-state index contributed by atoms with van der Waals surface area (Å²) in [5, 5.41) is 3.46. The Hall–Kier alpha value is -1.09. The largest absolute Gasteiger partial charge is 0.356 e. The third kappa shape index (κ3) is 3.51. The minimum absolute atomic E-state index is 0.512. The molecule has 1 saturated heterocycles. The van der Waals surface area contributed by atoms with Crippen LogP contribution in [0.15, 0.2) is 18.3 Å². The number of nitrogens with one attached hydrogen (secondary N) is 1. The Morgan fingerprint density at radius 2 is 2.10 bits per heavy atom. The second-order valence-electron chi connectivity index (χ2n) is 6.08. The smallest absolute Gasteiger partial charge is 0.128 e. The van der Waals surface area contributed by atoms with Gasteiger partial charge in [-0.1, -0.05) is 20.8 Å². The molecule has 112 valence electrons. The molecule has 1 aromatic rings. The van der Waals surface area contributed by atoms with Crippen LogP contribution >= 0.6 is 0 Å². The Morgan fingerprint density at radius 1 is 1.30 bits per heavy atom. The Labute approximate surface area is 123 Å². The van der Waals surface area contributed by atoms with Crippen LogP contribution < -0.4 is 10.2 Å². The highest BCUT2D eigenvalue weighted by atomic mass is 15.2. The van der Waals surface area contributed by atoms with E-state index in [1.165, 1.54) is 37.8 Å². The Bertz CT molecular complexity index is 412. The van der Waals surface area contributed by atoms with Gasteiger partial charge in [-0.15, -0.1) is 0 Å². The third-order valence-corrected chi connectivity index (χ3v) is 4.83. The highest BCUT2D eigenvalue weighted by molar-refractivity contribution is 5.42. The Kier molecular flexibility index (Phi) is 5.41. The van der Waals surface area contributed by atoms with Crippen LogP contribution in [0.1, 0.15) is 52.0 Å². The summed E-state index contributed by atoms with van der Waals surface area (Å²) in [5.41, 5.74) is 1.85. The molecule has 2 heterocycles. The fourth-order valence-corrected chi connectivity index (χ4v) is 3.11. The lowest BCUT2D eigenvalue weighted by molar-refractivity contribution is 0.301. The Balaban J connectivity index is 2.01. The maximum atomic E-state index is 4.58. The fourth-order valence-electron chi connectivity index (χ4n) is 3.11. The van der Waals surface area contributed by atoms with Crippen molar-refractivity contribution < 1.29 is 0 Å². The molecular formula is C17H29N3. The molecule has 1 aliphatic rings. The average molecular weight is 275 g/mol. The van der Waals surface area contributed by atoms with Gasteiger partial charge in [0.2, 0.25) is 0 Å². The number of hydrogen-bond donors (Lipinski definition) is 1. The number of nitrogens with zero attached hydrogens (tertiary/aromatic N) is 2. The number of hydrogen-bond acceptors (Lipinski definition) is 3. The molecule has 0 amide bonds. The lowest BCUT2D eigenvalue weighted by Crippen LogP contribution is -2.26. The van der Waals surface area contributed by atoms with Gasteiger partial charge in [0.15, 0.2) is 0 Å². The zero-order valence-electron chi connectivity index (χ0n) is 13.3. The quantitative estimate of drug-likeness (QED) is 0.771. The third-order valence-electron chi connectivity index (χ3n) is 4.83. The summed E-state index contributed by atoms with van der Waals surface area (Å²) < 4.78 is 0. The highest BCUT2D eigenvalue weighted by Gasteiger charge is 2.35. The summed E-state index contributed by atoms with van der Waals surface area (Å²) >= 11 is 0. The first-order valence-corrected chi connectivity index (χ1v) is 8.13. The summed E-state index contributed by atoms with van der Waals surface area (Å²) in [4.78, 5) is 7.05. The maximum absolute atomic E-state index is 4.58. The molecule has 0 radical (unpaired) electrons. The molecule has 0 saturated carbocycles. The van der Waals surface area contributed by atoms with Crippen molar-refractivity contribution in [2.45, 2.75) is 53.0 Å². The van der Waals surface area contributed by atoms with Gasteiger partial charge in [0.05, 0.1) is 0 Å².